The molecule has 1 aromatic heterocycles. The number of carbonyl (C=O) groups is 1. The molecule has 0 radical (unpaired) electrons. The molecule has 40 heavy (non-hydrogen) atoms. The molecule has 0 fully saturated rings. The number of rotatable bonds is 7. The molecule has 1 unspecified atom stereocenters. The van der Waals surface area contributed by atoms with Gasteiger partial charge in [-0.15, -0.1) is 0 Å². The zero-order valence-electron chi connectivity index (χ0n) is 19.4. The molecule has 15 nitrogen and oxygen atoms in total. The summed E-state index contributed by atoms with van der Waals surface area (Å²) in [7, 11) is -9.48. The lowest BCUT2D eigenvalue weighted by Gasteiger charge is -2.15. The minimum Gasteiger partial charge on any atom is -0.324 e. The van der Waals surface area contributed by atoms with Gasteiger partial charge in [-0.2, -0.15) is 52.1 Å². The topological polar surface area (TPSA) is 217 Å². The van der Waals surface area contributed by atoms with Crippen molar-refractivity contribution in [2.24, 2.45) is 15.3 Å². The van der Waals surface area contributed by atoms with Gasteiger partial charge in [0.1, 0.15) is 15.5 Å². The van der Waals surface area contributed by atoms with Crippen molar-refractivity contribution in [2.75, 3.05) is 10.3 Å². The van der Waals surface area contributed by atoms with E-state index in [0.717, 1.165) is 29.3 Å². The van der Waals surface area contributed by atoms with Crippen LogP contribution in [0.25, 0.3) is 0 Å². The third-order valence-corrected chi connectivity index (χ3v) is 7.82. The van der Waals surface area contributed by atoms with E-state index < -0.39 is 47.0 Å². The van der Waals surface area contributed by atoms with Gasteiger partial charge < -0.3 is 5.32 Å². The Bertz CT molecular complexity index is 1820. The summed E-state index contributed by atoms with van der Waals surface area (Å²) in [5.74, 6) is -0.899. The second-order valence-corrected chi connectivity index (χ2v) is 12.0. The fraction of sp³-hybridized carbons (Fsp3) is 0.105. The van der Waals surface area contributed by atoms with Crippen LogP contribution in [0.5, 0.6) is 0 Å². The molecule has 1 aliphatic rings. The molecule has 0 saturated heterocycles. The number of halogens is 4. The van der Waals surface area contributed by atoms with Crippen molar-refractivity contribution in [2.45, 2.75) is 22.8 Å². The number of hydrogen-bond acceptors (Lipinski definition) is 12. The van der Waals surface area contributed by atoms with Gasteiger partial charge in [-0.1, -0.05) is 23.2 Å². The average Bonchev–Trinajstić information content (AvgIpc) is 3.09. The molecule has 21 heteroatoms. The molecular formula is C19H12Cl4N8O7S2. The molecule has 2 aromatic carbocycles. The molecule has 0 spiro atoms. The van der Waals surface area contributed by atoms with Crippen LogP contribution in [-0.2, 0) is 25.0 Å². The standard InChI is InChI=1S/C19H12Cl4N8O7S2/c1-7-15(16(32)31(30-7)12-5-10(21)14(6-9(12)20)40(36,37)38)29-28-11-4-8(2-3-13(11)39(33,34)35)24-19-26-17(22)25-18(23)27-19/h2-6,15H,1H3,(H,33,34,35)(H,36,37,38)(H,24,25,26,27). The van der Waals surface area contributed by atoms with Crippen molar-refractivity contribution < 1.29 is 30.7 Å². The Hall–Kier alpha value is -3.03. The maximum atomic E-state index is 13.1. The molecule has 4 rings (SSSR count). The van der Waals surface area contributed by atoms with Crippen LogP contribution in [0, 0.1) is 0 Å². The monoisotopic (exact) mass is 668 g/mol. The van der Waals surface area contributed by atoms with Crippen LogP contribution in [0.2, 0.25) is 20.6 Å². The van der Waals surface area contributed by atoms with Crippen molar-refractivity contribution in [3.8, 4) is 0 Å². The van der Waals surface area contributed by atoms with Gasteiger partial charge in [-0.3, -0.25) is 13.9 Å². The average molecular weight is 670 g/mol. The van der Waals surface area contributed by atoms with Crippen LogP contribution in [0.4, 0.5) is 23.0 Å². The molecule has 1 aliphatic heterocycles. The van der Waals surface area contributed by atoms with Crippen LogP contribution in [-0.4, -0.2) is 58.6 Å². The Balaban J connectivity index is 1.67. The van der Waals surface area contributed by atoms with E-state index in [1.54, 1.807) is 0 Å². The molecule has 0 saturated carbocycles. The van der Waals surface area contributed by atoms with E-state index in [1.807, 2.05) is 0 Å². The third-order valence-electron chi connectivity index (χ3n) is 4.96. The predicted octanol–water partition coefficient (Wildman–Crippen LogP) is 4.60. The Labute approximate surface area is 245 Å². The van der Waals surface area contributed by atoms with E-state index in [-0.39, 0.29) is 44.3 Å². The summed E-state index contributed by atoms with van der Waals surface area (Å²) in [4.78, 5) is 23.0. The number of aromatic nitrogens is 3. The Kier molecular flexibility index (Phi) is 8.30. The van der Waals surface area contributed by atoms with Gasteiger partial charge in [-0.25, -0.2) is 0 Å². The van der Waals surface area contributed by atoms with Gasteiger partial charge in [-0.05, 0) is 60.5 Å². The normalized spacial score (nSPS) is 16.1. The highest BCUT2D eigenvalue weighted by Crippen LogP contribution is 2.37. The SMILES string of the molecule is CC1=NN(c2cc(Cl)c(S(=O)(=O)O)cc2Cl)C(=O)C1N=Nc1cc(Nc2nc(Cl)nc(Cl)n2)ccc1S(=O)(=O)O. The van der Waals surface area contributed by atoms with Gasteiger partial charge >= 0.3 is 0 Å². The van der Waals surface area contributed by atoms with Gasteiger partial charge in [0.25, 0.3) is 26.1 Å². The van der Waals surface area contributed by atoms with Crippen LogP contribution < -0.4 is 10.3 Å². The lowest BCUT2D eigenvalue weighted by atomic mass is 10.2. The van der Waals surface area contributed by atoms with Crippen molar-refractivity contribution in [3.05, 3.63) is 50.9 Å². The number of nitrogens with zero attached hydrogens (tertiary/aromatic N) is 7. The van der Waals surface area contributed by atoms with Crippen LogP contribution >= 0.6 is 46.4 Å². The maximum absolute atomic E-state index is 13.1. The molecule has 210 valence electrons. The van der Waals surface area contributed by atoms with Gasteiger partial charge in [0.2, 0.25) is 16.5 Å². The van der Waals surface area contributed by atoms with Gasteiger partial charge in [0, 0.05) is 5.69 Å². The first-order valence-electron chi connectivity index (χ1n) is 10.3. The van der Waals surface area contributed by atoms with E-state index in [0.29, 0.717) is 0 Å². The third kappa shape index (κ3) is 6.47. The summed E-state index contributed by atoms with van der Waals surface area (Å²) >= 11 is 23.6. The molecule has 3 N–H and O–H groups in total. The zero-order chi connectivity index (χ0) is 29.6. The molecule has 0 bridgehead atoms. The first-order valence-corrected chi connectivity index (χ1v) is 14.7. The van der Waals surface area contributed by atoms with Crippen molar-refractivity contribution in [1.82, 2.24) is 15.0 Å². The van der Waals surface area contributed by atoms with Crippen molar-refractivity contribution in [3.63, 3.8) is 0 Å². The quantitative estimate of drug-likeness (QED) is 0.233. The van der Waals surface area contributed by atoms with E-state index in [9.17, 15) is 30.7 Å². The second-order valence-electron chi connectivity index (χ2n) is 7.70. The Morgan fingerprint density at radius 1 is 0.900 bits per heavy atom. The number of hydrazone groups is 1. The zero-order valence-corrected chi connectivity index (χ0v) is 24.0. The maximum Gasteiger partial charge on any atom is 0.296 e. The largest absolute Gasteiger partial charge is 0.324 e. The van der Waals surface area contributed by atoms with E-state index in [1.165, 1.54) is 13.0 Å². The van der Waals surface area contributed by atoms with Crippen molar-refractivity contribution >= 4 is 101 Å². The first kappa shape index (κ1) is 29.9. The summed E-state index contributed by atoms with van der Waals surface area (Å²) < 4.78 is 65.7. The van der Waals surface area contributed by atoms with E-state index in [2.05, 4.69) is 35.6 Å². The molecule has 1 amide bonds. The minimum atomic E-state index is -4.78. The van der Waals surface area contributed by atoms with Crippen LogP contribution in [0.15, 0.2) is 55.5 Å². The minimum absolute atomic E-state index is 0.0901. The highest BCUT2D eigenvalue weighted by atomic mass is 35.5. The Morgan fingerprint density at radius 3 is 2.12 bits per heavy atom. The van der Waals surface area contributed by atoms with Gasteiger partial charge in [0.05, 0.1) is 21.4 Å². The van der Waals surface area contributed by atoms with Gasteiger partial charge in [0.15, 0.2) is 6.04 Å². The number of azo groups is 1. The lowest BCUT2D eigenvalue weighted by molar-refractivity contribution is -0.117. The summed E-state index contributed by atoms with van der Waals surface area (Å²) in [6, 6.07) is 3.90. The number of hydrogen-bond donors (Lipinski definition) is 3. The number of amides is 1. The highest BCUT2D eigenvalue weighted by Gasteiger charge is 2.36. The number of anilines is 3. The summed E-state index contributed by atoms with van der Waals surface area (Å²) in [6.45, 7) is 1.42. The fourth-order valence-electron chi connectivity index (χ4n) is 3.26. The molecular weight excluding hydrogens is 658 g/mol. The molecule has 0 aliphatic carbocycles. The number of nitrogens with one attached hydrogen (secondary N) is 1. The summed E-state index contributed by atoms with van der Waals surface area (Å²) in [5.41, 5.74) is -0.237. The van der Waals surface area contributed by atoms with E-state index in [4.69, 9.17) is 46.4 Å². The molecule has 3 aromatic rings. The van der Waals surface area contributed by atoms with E-state index >= 15 is 0 Å². The van der Waals surface area contributed by atoms with Crippen molar-refractivity contribution in [1.29, 1.82) is 0 Å². The smallest absolute Gasteiger partial charge is 0.296 e. The lowest BCUT2D eigenvalue weighted by Crippen LogP contribution is -2.30. The van der Waals surface area contributed by atoms with Crippen LogP contribution in [0.3, 0.4) is 0 Å². The summed E-state index contributed by atoms with van der Waals surface area (Å²) in [5, 5.41) is 14.1. The molecule has 2 heterocycles. The first-order chi connectivity index (χ1) is 18.5. The van der Waals surface area contributed by atoms with Crippen LogP contribution in [0.1, 0.15) is 6.92 Å². The Morgan fingerprint density at radius 2 is 1.52 bits per heavy atom. The second kappa shape index (κ2) is 11.1. The predicted molar refractivity (Wildman–Crippen MR) is 145 cm³/mol. The number of benzene rings is 2. The summed E-state index contributed by atoms with van der Waals surface area (Å²) in [6.07, 6.45) is 0. The molecule has 1 atom stereocenters. The number of carbonyl (C=O) groups excluding carboxylic acids is 1. The highest BCUT2D eigenvalue weighted by molar-refractivity contribution is 7.86. The fourth-order valence-corrected chi connectivity index (χ4v) is 5.56.